The number of hydrogen-bond donors (Lipinski definition) is 1. The molecule has 5 nitrogen and oxygen atoms in total. The highest BCUT2D eigenvalue weighted by atomic mass is 35.5. The number of nitriles is 1. The highest BCUT2D eigenvalue weighted by Gasteiger charge is 2.22. The van der Waals surface area contributed by atoms with E-state index < -0.39 is 0 Å². The van der Waals surface area contributed by atoms with Crippen molar-refractivity contribution in [2.45, 2.75) is 38.5 Å². The summed E-state index contributed by atoms with van der Waals surface area (Å²) in [5.41, 5.74) is 2.42. The first-order valence-corrected chi connectivity index (χ1v) is 10.9. The summed E-state index contributed by atoms with van der Waals surface area (Å²) in [4.78, 5) is 17.9. The zero-order valence-corrected chi connectivity index (χ0v) is 17.8. The first-order chi connectivity index (χ1) is 14.0. The summed E-state index contributed by atoms with van der Waals surface area (Å²) >= 11 is 13.6. The number of anilines is 1. The van der Waals surface area contributed by atoms with Crippen LogP contribution in [0.2, 0.25) is 10.0 Å². The van der Waals surface area contributed by atoms with Gasteiger partial charge in [-0.15, -0.1) is 11.3 Å². The molecule has 0 spiro atoms. The molecule has 0 saturated carbocycles. The van der Waals surface area contributed by atoms with Gasteiger partial charge < -0.3 is 9.73 Å². The Bertz CT molecular complexity index is 1110. The van der Waals surface area contributed by atoms with Gasteiger partial charge in [-0.25, -0.2) is 4.98 Å². The molecule has 1 aliphatic carbocycles. The van der Waals surface area contributed by atoms with E-state index in [1.807, 2.05) is 0 Å². The third-order valence-electron chi connectivity index (χ3n) is 4.85. The zero-order valence-electron chi connectivity index (χ0n) is 15.4. The van der Waals surface area contributed by atoms with Crippen LogP contribution in [0.4, 0.5) is 5.00 Å². The van der Waals surface area contributed by atoms with Crippen LogP contribution in [0.25, 0.3) is 11.3 Å². The van der Waals surface area contributed by atoms with Gasteiger partial charge in [0.15, 0.2) is 11.7 Å². The largest absolute Gasteiger partial charge is 0.441 e. The number of nitrogens with zero attached hydrogens (tertiary/aromatic N) is 2. The molecule has 0 aliphatic heterocycles. The summed E-state index contributed by atoms with van der Waals surface area (Å²) < 4.78 is 5.73. The van der Waals surface area contributed by atoms with Crippen LogP contribution in [0.3, 0.4) is 0 Å². The maximum atomic E-state index is 12.4. The van der Waals surface area contributed by atoms with E-state index in [4.69, 9.17) is 27.6 Å². The number of benzene rings is 1. The first kappa shape index (κ1) is 20.0. The second-order valence-corrected chi connectivity index (χ2v) is 8.77. The Morgan fingerprint density at radius 3 is 2.93 bits per heavy atom. The lowest BCUT2D eigenvalue weighted by atomic mass is 9.96. The fourth-order valence-corrected chi connectivity index (χ4v) is 5.18. The number of oxazole rings is 1. The van der Waals surface area contributed by atoms with Gasteiger partial charge in [0.25, 0.3) is 0 Å². The van der Waals surface area contributed by atoms with Crippen molar-refractivity contribution in [1.82, 2.24) is 4.98 Å². The average molecular weight is 446 g/mol. The third-order valence-corrected chi connectivity index (χ3v) is 6.61. The van der Waals surface area contributed by atoms with Gasteiger partial charge in [-0.1, -0.05) is 23.2 Å². The SMILES string of the molecule is N#Cc1c(NC(=O)CCc2ncc(-c3ccc(Cl)cc3Cl)o2)sc2c1CCCC2. The van der Waals surface area contributed by atoms with E-state index in [1.165, 1.54) is 16.2 Å². The minimum atomic E-state index is -0.163. The fraction of sp³-hybridized carbons (Fsp3) is 0.286. The molecule has 2 aromatic heterocycles. The molecule has 1 N–H and O–H groups in total. The Kier molecular flexibility index (Phi) is 5.91. The second kappa shape index (κ2) is 8.58. The number of rotatable bonds is 5. The molecule has 1 aliphatic rings. The minimum absolute atomic E-state index is 0.163. The molecule has 3 aromatic rings. The van der Waals surface area contributed by atoms with Gasteiger partial charge in [0.05, 0.1) is 16.8 Å². The normalized spacial score (nSPS) is 13.0. The molecule has 2 heterocycles. The predicted molar refractivity (Wildman–Crippen MR) is 115 cm³/mol. The van der Waals surface area contributed by atoms with E-state index >= 15 is 0 Å². The van der Waals surface area contributed by atoms with Gasteiger partial charge in [0.1, 0.15) is 11.1 Å². The summed E-state index contributed by atoms with van der Waals surface area (Å²) in [6, 6.07) is 7.39. The number of aryl methyl sites for hydroxylation is 2. The lowest BCUT2D eigenvalue weighted by Gasteiger charge is -2.09. The van der Waals surface area contributed by atoms with Crippen LogP contribution in [-0.2, 0) is 24.1 Å². The zero-order chi connectivity index (χ0) is 20.4. The topological polar surface area (TPSA) is 78.9 Å². The quantitative estimate of drug-likeness (QED) is 0.519. The molecule has 0 fully saturated rings. The minimum Gasteiger partial charge on any atom is -0.441 e. The van der Waals surface area contributed by atoms with Crippen molar-refractivity contribution >= 4 is 45.4 Å². The van der Waals surface area contributed by atoms with E-state index in [9.17, 15) is 10.1 Å². The van der Waals surface area contributed by atoms with Crippen LogP contribution in [-0.4, -0.2) is 10.9 Å². The first-order valence-electron chi connectivity index (χ1n) is 9.29. The maximum Gasteiger partial charge on any atom is 0.225 e. The molecule has 0 unspecified atom stereocenters. The highest BCUT2D eigenvalue weighted by molar-refractivity contribution is 7.16. The summed E-state index contributed by atoms with van der Waals surface area (Å²) in [7, 11) is 0. The van der Waals surface area contributed by atoms with Gasteiger partial charge in [-0.2, -0.15) is 5.26 Å². The Balaban J connectivity index is 1.40. The van der Waals surface area contributed by atoms with E-state index in [2.05, 4.69) is 16.4 Å². The Morgan fingerprint density at radius 1 is 1.31 bits per heavy atom. The Labute approximate surface area is 182 Å². The van der Waals surface area contributed by atoms with Crippen LogP contribution < -0.4 is 5.32 Å². The van der Waals surface area contributed by atoms with Crippen molar-refractivity contribution in [3.8, 4) is 17.4 Å². The molecule has 0 saturated heterocycles. The van der Waals surface area contributed by atoms with Crippen molar-refractivity contribution in [3.63, 3.8) is 0 Å². The van der Waals surface area contributed by atoms with Crippen LogP contribution in [0.15, 0.2) is 28.8 Å². The Morgan fingerprint density at radius 2 is 2.14 bits per heavy atom. The van der Waals surface area contributed by atoms with Crippen LogP contribution in [0.5, 0.6) is 0 Å². The van der Waals surface area contributed by atoms with E-state index in [0.717, 1.165) is 31.2 Å². The molecule has 0 atom stereocenters. The number of halogens is 2. The van der Waals surface area contributed by atoms with Gasteiger partial charge in [0.2, 0.25) is 5.91 Å². The lowest BCUT2D eigenvalue weighted by molar-refractivity contribution is -0.116. The summed E-state index contributed by atoms with van der Waals surface area (Å²) in [5.74, 6) is 0.816. The van der Waals surface area contributed by atoms with Crippen molar-refractivity contribution in [2.24, 2.45) is 0 Å². The van der Waals surface area contributed by atoms with Gasteiger partial charge in [0, 0.05) is 28.3 Å². The molecule has 29 heavy (non-hydrogen) atoms. The standard InChI is InChI=1S/C21H17Cl2N3O2S/c22-12-5-6-14(16(23)9-12)17-11-25-20(28-17)8-7-19(27)26-21-15(10-24)13-3-1-2-4-18(13)29-21/h5-6,9,11H,1-4,7-8H2,(H,26,27). The number of hydrogen-bond acceptors (Lipinski definition) is 5. The molecule has 1 aromatic carbocycles. The molecule has 1 amide bonds. The number of thiophene rings is 1. The number of amides is 1. The number of aromatic nitrogens is 1. The number of carbonyl (C=O) groups is 1. The number of fused-ring (bicyclic) bond motifs is 1. The summed E-state index contributed by atoms with van der Waals surface area (Å²) in [6.45, 7) is 0. The fourth-order valence-electron chi connectivity index (χ4n) is 3.42. The summed E-state index contributed by atoms with van der Waals surface area (Å²) in [6.07, 6.45) is 6.27. The van der Waals surface area contributed by atoms with Crippen LogP contribution >= 0.6 is 34.5 Å². The predicted octanol–water partition coefficient (Wildman–Crippen LogP) is 6.03. The number of carbonyl (C=O) groups excluding carboxylic acids is 1. The average Bonchev–Trinajstić information content (AvgIpc) is 3.30. The second-order valence-electron chi connectivity index (χ2n) is 6.82. The van der Waals surface area contributed by atoms with Crippen molar-refractivity contribution < 1.29 is 9.21 Å². The van der Waals surface area contributed by atoms with Crippen molar-refractivity contribution in [2.75, 3.05) is 5.32 Å². The van der Waals surface area contributed by atoms with E-state index in [-0.39, 0.29) is 12.3 Å². The molecular weight excluding hydrogens is 429 g/mol. The van der Waals surface area contributed by atoms with Gasteiger partial charge >= 0.3 is 0 Å². The maximum absolute atomic E-state index is 12.4. The van der Waals surface area contributed by atoms with Gasteiger partial charge in [-0.05, 0) is 49.4 Å². The Hall–Kier alpha value is -2.33. The van der Waals surface area contributed by atoms with Crippen molar-refractivity contribution in [1.29, 1.82) is 5.26 Å². The van der Waals surface area contributed by atoms with Crippen LogP contribution in [0.1, 0.15) is 41.2 Å². The lowest BCUT2D eigenvalue weighted by Crippen LogP contribution is -2.12. The van der Waals surface area contributed by atoms with Crippen molar-refractivity contribution in [3.05, 3.63) is 56.3 Å². The smallest absolute Gasteiger partial charge is 0.225 e. The summed E-state index contributed by atoms with van der Waals surface area (Å²) in [5, 5.41) is 14.1. The highest BCUT2D eigenvalue weighted by Crippen LogP contribution is 2.37. The van der Waals surface area contributed by atoms with E-state index in [0.29, 0.717) is 44.2 Å². The molecule has 148 valence electrons. The monoisotopic (exact) mass is 445 g/mol. The van der Waals surface area contributed by atoms with Crippen LogP contribution in [0, 0.1) is 11.3 Å². The van der Waals surface area contributed by atoms with Gasteiger partial charge in [-0.3, -0.25) is 4.79 Å². The number of nitrogens with one attached hydrogen (secondary N) is 1. The van der Waals surface area contributed by atoms with E-state index in [1.54, 1.807) is 24.4 Å². The third kappa shape index (κ3) is 4.32. The molecule has 4 rings (SSSR count). The molecule has 0 radical (unpaired) electrons. The molecule has 8 heteroatoms. The molecular formula is C21H17Cl2N3O2S. The molecule has 0 bridgehead atoms.